The molecular formula is C62H60Br5F4N5O4. The third-order valence-corrected chi connectivity index (χ3v) is 15.6. The van der Waals surface area contributed by atoms with Gasteiger partial charge >= 0.3 is 0 Å². The van der Waals surface area contributed by atoms with Crippen molar-refractivity contribution in [1.82, 2.24) is 9.80 Å². The number of nitrogens with one attached hydrogen (secondary N) is 1. The van der Waals surface area contributed by atoms with E-state index in [1.54, 1.807) is 12.1 Å². The van der Waals surface area contributed by atoms with Gasteiger partial charge in [-0.15, -0.1) is 0 Å². The highest BCUT2D eigenvalue weighted by Crippen LogP contribution is 2.40. The third kappa shape index (κ3) is 19.3. The van der Waals surface area contributed by atoms with E-state index in [1.807, 2.05) is 109 Å². The average Bonchev–Trinajstić information content (AvgIpc) is 3.45. The number of likely N-dealkylation sites (N-methyl/N-ethyl adjacent to an activating group) is 2. The van der Waals surface area contributed by atoms with Gasteiger partial charge in [-0.25, -0.2) is 17.6 Å². The molecule has 80 heavy (non-hydrogen) atoms. The van der Waals surface area contributed by atoms with Gasteiger partial charge in [0.25, 0.3) is 0 Å². The van der Waals surface area contributed by atoms with Gasteiger partial charge in [0.2, 0.25) is 0 Å². The fraction of sp³-hybridized carbons (Fsp3) is 0.226. The first-order chi connectivity index (χ1) is 38.6. The highest BCUT2D eigenvalue weighted by molar-refractivity contribution is 9.11. The first kappa shape index (κ1) is 62.0. The average molecular weight is 1410 g/mol. The minimum Gasteiger partial charge on any atom is -0.506 e. The second-order valence-corrected chi connectivity index (χ2v) is 23.0. The van der Waals surface area contributed by atoms with Crippen molar-refractivity contribution in [2.24, 2.45) is 0 Å². The summed E-state index contributed by atoms with van der Waals surface area (Å²) < 4.78 is 74.5. The molecule has 0 amide bonds. The number of hydrogen-bond acceptors (Lipinski definition) is 9. The van der Waals surface area contributed by atoms with Crippen molar-refractivity contribution >= 4 is 96.7 Å². The number of rotatable bonds is 14. The molecule has 18 heteroatoms. The van der Waals surface area contributed by atoms with Crippen LogP contribution in [0.1, 0.15) is 22.3 Å². The minimum absolute atomic E-state index is 0.0152. The largest absolute Gasteiger partial charge is 0.506 e. The van der Waals surface area contributed by atoms with E-state index in [0.29, 0.717) is 71.7 Å². The second kappa shape index (κ2) is 31.6. The molecule has 2 aliphatic rings. The van der Waals surface area contributed by atoms with E-state index in [2.05, 4.69) is 131 Å². The number of nitrogens with zero attached hydrogens (tertiary/aromatic N) is 4. The Labute approximate surface area is 508 Å². The lowest BCUT2D eigenvalue weighted by Gasteiger charge is -2.35. The van der Waals surface area contributed by atoms with Crippen LogP contribution >= 0.6 is 79.6 Å². The number of hydrogen-bond donors (Lipinski definition) is 2. The van der Waals surface area contributed by atoms with Crippen molar-refractivity contribution < 1.29 is 36.9 Å². The van der Waals surface area contributed by atoms with Gasteiger partial charge in [-0.3, -0.25) is 0 Å². The van der Waals surface area contributed by atoms with E-state index in [0.717, 1.165) is 86.0 Å². The highest BCUT2D eigenvalue weighted by atomic mass is 79.9. The topological polar surface area (TPSA) is 72.9 Å². The predicted molar refractivity (Wildman–Crippen MR) is 331 cm³/mol. The lowest BCUT2D eigenvalue weighted by Crippen LogP contribution is -2.44. The summed E-state index contributed by atoms with van der Waals surface area (Å²) in [5.74, 6) is 0.828. The molecule has 2 saturated heterocycles. The van der Waals surface area contributed by atoms with Crippen molar-refractivity contribution in [2.45, 2.75) is 26.4 Å². The van der Waals surface area contributed by atoms with Crippen molar-refractivity contribution in [1.29, 1.82) is 0 Å². The molecule has 2 N–H and O–H groups in total. The molecule has 0 spiro atoms. The number of phenolic OH excluding ortho intramolecular Hbond substituents is 1. The molecule has 0 radical (unpaired) electrons. The maximum absolute atomic E-state index is 14.6. The van der Waals surface area contributed by atoms with Gasteiger partial charge in [0, 0.05) is 77.1 Å². The quantitative estimate of drug-likeness (QED) is 0.104. The molecule has 0 unspecified atom stereocenters. The smallest absolute Gasteiger partial charge is 0.166 e. The zero-order chi connectivity index (χ0) is 57.0. The Morgan fingerprint density at radius 1 is 0.400 bits per heavy atom. The maximum atomic E-state index is 14.6. The summed E-state index contributed by atoms with van der Waals surface area (Å²) in [6, 6.07) is 51.3. The molecule has 9 nitrogen and oxygen atoms in total. The van der Waals surface area contributed by atoms with E-state index in [4.69, 9.17) is 19.3 Å². The van der Waals surface area contributed by atoms with Crippen LogP contribution in [-0.4, -0.2) is 81.4 Å². The third-order valence-electron chi connectivity index (χ3n) is 12.7. The Kier molecular flexibility index (Phi) is 24.5. The molecule has 8 aromatic rings. The molecule has 2 heterocycles. The molecule has 420 valence electrons. The standard InChI is InChI=1S/C25H28FN3O.C18H20BrFN2O.C13H9Br2FO.C6H3Br2FO/c1-28-12-14-29(15-13-28)24-17-22(26)16-23(27-18-20-8-4-2-5-9-20)25(24)30-19-21-10-6-3-7-11-21;1-21-7-9-22(10-8-21)17-12-15(20)11-16(19)18(17)23-13-14-5-3-2-4-6-14;14-11-6-10(16)7-12(15)13(11)17-8-9-4-2-1-3-5-9;7-4-1-3(9)2-5(8)6(4)10/h2-11,16-17,27H,12-15,18-19H2,1H3;2-6,11-12H,7-10,13H2,1H3;1-7H,8H2;1-2,10H. The number of aromatic hydroxyl groups is 1. The minimum atomic E-state index is -0.392. The van der Waals surface area contributed by atoms with Crippen LogP contribution < -0.4 is 29.3 Å². The summed E-state index contributed by atoms with van der Waals surface area (Å²) in [4.78, 5) is 8.97. The molecule has 0 atom stereocenters. The molecule has 0 aromatic heterocycles. The van der Waals surface area contributed by atoms with Gasteiger partial charge in [-0.05, 0) is 146 Å². The molecule has 0 aliphatic carbocycles. The van der Waals surface area contributed by atoms with Gasteiger partial charge in [0.15, 0.2) is 11.5 Å². The number of piperazine rings is 2. The van der Waals surface area contributed by atoms with E-state index < -0.39 is 5.82 Å². The highest BCUT2D eigenvalue weighted by Gasteiger charge is 2.23. The lowest BCUT2D eigenvalue weighted by atomic mass is 10.1. The summed E-state index contributed by atoms with van der Waals surface area (Å²) in [5.41, 5.74) is 6.69. The Balaban J connectivity index is 0.000000164. The maximum Gasteiger partial charge on any atom is 0.166 e. The van der Waals surface area contributed by atoms with E-state index in [-0.39, 0.29) is 23.2 Å². The number of anilines is 3. The Bertz CT molecular complexity index is 3160. The fourth-order valence-corrected chi connectivity index (χ4v) is 11.3. The molecule has 8 aromatic carbocycles. The van der Waals surface area contributed by atoms with Crippen molar-refractivity contribution in [2.75, 3.05) is 81.6 Å². The van der Waals surface area contributed by atoms with Crippen LogP contribution in [0.15, 0.2) is 192 Å². The van der Waals surface area contributed by atoms with Gasteiger partial charge in [0.1, 0.15) is 54.6 Å². The van der Waals surface area contributed by atoms with Crippen LogP contribution in [0.2, 0.25) is 0 Å². The van der Waals surface area contributed by atoms with Crippen LogP contribution in [0.25, 0.3) is 0 Å². The summed E-state index contributed by atoms with van der Waals surface area (Å²) >= 11 is 16.0. The summed E-state index contributed by atoms with van der Waals surface area (Å²) in [6.45, 7) is 9.21. The van der Waals surface area contributed by atoms with E-state index in [1.165, 1.54) is 36.4 Å². The van der Waals surface area contributed by atoms with Gasteiger partial charge in [-0.2, -0.15) is 0 Å². The first-order valence-electron chi connectivity index (χ1n) is 25.6. The zero-order valence-electron chi connectivity index (χ0n) is 44.0. The molecule has 0 bridgehead atoms. The van der Waals surface area contributed by atoms with Crippen LogP contribution in [0.3, 0.4) is 0 Å². The number of ether oxygens (including phenoxy) is 3. The molecule has 0 saturated carbocycles. The van der Waals surface area contributed by atoms with Crippen molar-refractivity contribution in [3.8, 4) is 23.0 Å². The normalized spacial score (nSPS) is 13.4. The second-order valence-electron chi connectivity index (χ2n) is 18.7. The van der Waals surface area contributed by atoms with Crippen LogP contribution in [-0.2, 0) is 26.4 Å². The lowest BCUT2D eigenvalue weighted by molar-refractivity contribution is 0.294. The summed E-state index contributed by atoms with van der Waals surface area (Å²) in [5, 5.41) is 12.5. The van der Waals surface area contributed by atoms with Gasteiger partial charge < -0.3 is 44.2 Å². The van der Waals surface area contributed by atoms with Crippen molar-refractivity contribution in [3.63, 3.8) is 0 Å². The number of halogens is 9. The predicted octanol–water partition coefficient (Wildman–Crippen LogP) is 16.7. The molecule has 2 fully saturated rings. The van der Waals surface area contributed by atoms with Gasteiger partial charge in [0.05, 0.1) is 39.4 Å². The van der Waals surface area contributed by atoms with Crippen LogP contribution in [0.4, 0.5) is 34.6 Å². The van der Waals surface area contributed by atoms with Gasteiger partial charge in [-0.1, -0.05) is 121 Å². The molecule has 10 rings (SSSR count). The fourth-order valence-electron chi connectivity index (χ4n) is 8.30. The SMILES string of the molecule is CN1CCN(c2cc(F)cc(Br)c2OCc2ccccc2)CC1.CN1CCN(c2cc(F)cc(NCc3ccccc3)c2OCc2ccccc2)CC1.Fc1cc(Br)c(OCc2ccccc2)c(Br)c1.Oc1c(Br)cc(F)cc1Br. The summed E-state index contributed by atoms with van der Waals surface area (Å²) in [6.07, 6.45) is 0. The Morgan fingerprint density at radius 3 is 1.12 bits per heavy atom. The molecular weight excluding hydrogens is 1350 g/mol. The zero-order valence-corrected chi connectivity index (χ0v) is 51.9. The van der Waals surface area contributed by atoms with E-state index >= 15 is 0 Å². The molecule has 2 aliphatic heterocycles. The van der Waals surface area contributed by atoms with E-state index in [9.17, 15) is 17.6 Å². The van der Waals surface area contributed by atoms with Crippen LogP contribution in [0, 0.1) is 23.3 Å². The first-order valence-corrected chi connectivity index (χ1v) is 29.5. The monoisotopic (exact) mass is 1410 g/mol. The Morgan fingerprint density at radius 2 is 0.713 bits per heavy atom. The summed E-state index contributed by atoms with van der Waals surface area (Å²) in [7, 11) is 4.22. The van der Waals surface area contributed by atoms with Crippen molar-refractivity contribution in [3.05, 3.63) is 238 Å². The van der Waals surface area contributed by atoms with Crippen LogP contribution in [0.5, 0.6) is 23.0 Å². The number of phenols is 1. The Hall–Kier alpha value is -5.60. The number of benzene rings is 8.